The van der Waals surface area contributed by atoms with Crippen molar-refractivity contribution in [1.29, 1.82) is 0 Å². The maximum absolute atomic E-state index is 6.08. The molecular weight excluding hydrogens is 426 g/mol. The van der Waals surface area contributed by atoms with Gasteiger partial charge in [0.25, 0.3) is 0 Å². The second-order valence-corrected chi connectivity index (χ2v) is 9.87. The summed E-state index contributed by atoms with van der Waals surface area (Å²) >= 11 is 0. The van der Waals surface area contributed by atoms with Gasteiger partial charge in [0, 0.05) is 17.8 Å². The Kier molecular flexibility index (Phi) is 7.13. The third kappa shape index (κ3) is 5.57. The Morgan fingerprint density at radius 2 is 1.49 bits per heavy atom. The number of benzene rings is 3. The van der Waals surface area contributed by atoms with Crippen molar-refractivity contribution in [2.24, 2.45) is 0 Å². The summed E-state index contributed by atoms with van der Waals surface area (Å²) in [5, 5.41) is 3.67. The van der Waals surface area contributed by atoms with Crippen LogP contribution in [-0.2, 0) is 18.3 Å². The van der Waals surface area contributed by atoms with Crippen LogP contribution >= 0.6 is 0 Å². The van der Waals surface area contributed by atoms with Crippen molar-refractivity contribution in [3.8, 4) is 11.3 Å². The predicted octanol–water partition coefficient (Wildman–Crippen LogP) is 7.43. The summed E-state index contributed by atoms with van der Waals surface area (Å²) in [4.78, 5) is 4.67. The smallest absolute Gasteiger partial charge is 0.124 e. The van der Waals surface area contributed by atoms with Crippen molar-refractivity contribution in [2.75, 3.05) is 17.6 Å². The van der Waals surface area contributed by atoms with E-state index in [1.54, 1.807) is 0 Å². The van der Waals surface area contributed by atoms with Crippen LogP contribution in [0.15, 0.2) is 97.1 Å². The molecule has 0 bridgehead atoms. The summed E-state index contributed by atoms with van der Waals surface area (Å²) in [7, 11) is 0. The van der Waals surface area contributed by atoms with Gasteiger partial charge in [-0.2, -0.15) is 0 Å². The molecular formula is C32H35N3. The van der Waals surface area contributed by atoms with Gasteiger partial charge in [0.05, 0.1) is 5.69 Å². The second-order valence-electron chi connectivity index (χ2n) is 9.87. The second kappa shape index (κ2) is 10.8. The molecule has 0 saturated heterocycles. The fraction of sp³-hybridized carbons (Fsp3) is 0.281. The van der Waals surface area contributed by atoms with Gasteiger partial charge in [-0.05, 0) is 72.1 Å². The average molecular weight is 462 g/mol. The number of hydrogen-bond acceptors (Lipinski definition) is 3. The summed E-state index contributed by atoms with van der Waals surface area (Å²) in [6, 6.07) is 34.5. The number of nitrogens with zero attached hydrogens (tertiary/aromatic N) is 1. The van der Waals surface area contributed by atoms with E-state index in [4.69, 9.17) is 5.73 Å². The van der Waals surface area contributed by atoms with Gasteiger partial charge < -0.3 is 11.1 Å². The molecule has 3 heteroatoms. The average Bonchev–Trinajstić information content (AvgIpc) is 2.91. The lowest BCUT2D eigenvalue weighted by Gasteiger charge is -2.38. The van der Waals surface area contributed by atoms with Crippen LogP contribution in [0.1, 0.15) is 48.8 Å². The first kappa shape index (κ1) is 23.2. The van der Waals surface area contributed by atoms with Crippen molar-refractivity contribution in [3.05, 3.63) is 114 Å². The predicted molar refractivity (Wildman–Crippen MR) is 148 cm³/mol. The van der Waals surface area contributed by atoms with Gasteiger partial charge in [-0.1, -0.05) is 92.1 Å². The summed E-state index contributed by atoms with van der Waals surface area (Å²) in [5.41, 5.74) is 13.6. The molecule has 1 aromatic heterocycles. The lowest BCUT2D eigenvalue weighted by atomic mass is 9.66. The van der Waals surface area contributed by atoms with E-state index < -0.39 is 0 Å². The van der Waals surface area contributed by atoms with Crippen molar-refractivity contribution in [3.63, 3.8) is 0 Å². The van der Waals surface area contributed by atoms with Crippen LogP contribution in [0.25, 0.3) is 11.3 Å². The minimum Gasteiger partial charge on any atom is -0.384 e. The normalized spacial score (nSPS) is 15.0. The van der Waals surface area contributed by atoms with E-state index in [0.29, 0.717) is 5.82 Å². The molecule has 0 radical (unpaired) electrons. The lowest BCUT2D eigenvalue weighted by molar-refractivity contribution is 0.290. The highest BCUT2D eigenvalue weighted by Crippen LogP contribution is 2.43. The van der Waals surface area contributed by atoms with E-state index in [1.807, 2.05) is 12.1 Å². The summed E-state index contributed by atoms with van der Waals surface area (Å²) in [6.45, 7) is 0.868. The molecule has 3 nitrogen and oxygen atoms in total. The molecule has 1 fully saturated rings. The topological polar surface area (TPSA) is 50.9 Å². The minimum absolute atomic E-state index is 0.210. The first-order valence-corrected chi connectivity index (χ1v) is 12.9. The molecule has 0 spiro atoms. The standard InChI is InChI=1S/C32H35N3/c33-31-16-10-15-30(35-31)28-23-26(17-18-29(28)34-22-19-25-11-4-1-5-12-25)24-32(20-8-3-9-21-32)27-13-6-2-7-14-27/h1-2,4-7,10-18,23,34H,3,8-9,19-22,24H2,(H2,33,35). The number of rotatable bonds is 8. The fourth-order valence-corrected chi connectivity index (χ4v) is 5.63. The van der Waals surface area contributed by atoms with Crippen molar-refractivity contribution in [1.82, 2.24) is 4.98 Å². The van der Waals surface area contributed by atoms with Crippen molar-refractivity contribution >= 4 is 11.5 Å². The van der Waals surface area contributed by atoms with Gasteiger partial charge in [-0.25, -0.2) is 4.98 Å². The Morgan fingerprint density at radius 3 is 2.23 bits per heavy atom. The molecule has 1 aliphatic carbocycles. The molecule has 3 N–H and O–H groups in total. The molecule has 178 valence electrons. The first-order valence-electron chi connectivity index (χ1n) is 12.9. The van der Waals surface area contributed by atoms with Gasteiger partial charge in [0.2, 0.25) is 0 Å². The highest BCUT2D eigenvalue weighted by molar-refractivity contribution is 5.77. The highest BCUT2D eigenvalue weighted by atomic mass is 14.9. The maximum atomic E-state index is 6.08. The van der Waals surface area contributed by atoms with E-state index in [-0.39, 0.29) is 5.41 Å². The highest BCUT2D eigenvalue weighted by Gasteiger charge is 2.34. The quantitative estimate of drug-likeness (QED) is 0.287. The van der Waals surface area contributed by atoms with Gasteiger partial charge in [-0.15, -0.1) is 0 Å². The van der Waals surface area contributed by atoms with Crippen LogP contribution in [0, 0.1) is 0 Å². The number of pyridine rings is 1. The van der Waals surface area contributed by atoms with Gasteiger partial charge in [0.1, 0.15) is 5.82 Å². The Labute approximate surface area is 209 Å². The molecule has 5 rings (SSSR count). The third-order valence-corrected chi connectivity index (χ3v) is 7.44. The fourth-order valence-electron chi connectivity index (χ4n) is 5.63. The number of nitrogens with two attached hydrogens (primary N) is 1. The molecule has 0 unspecified atom stereocenters. The van der Waals surface area contributed by atoms with Gasteiger partial charge in [0.15, 0.2) is 0 Å². The first-order chi connectivity index (χ1) is 17.2. The molecule has 1 aliphatic rings. The number of nitrogens with one attached hydrogen (secondary N) is 1. The van der Waals surface area contributed by atoms with Gasteiger partial charge >= 0.3 is 0 Å². The summed E-state index contributed by atoms with van der Waals surface area (Å²) in [5.74, 6) is 0.552. The number of nitrogen functional groups attached to an aromatic ring is 1. The molecule has 35 heavy (non-hydrogen) atoms. The molecule has 1 saturated carbocycles. The maximum Gasteiger partial charge on any atom is 0.124 e. The van der Waals surface area contributed by atoms with Crippen LogP contribution in [0.5, 0.6) is 0 Å². The SMILES string of the molecule is Nc1cccc(-c2cc(CC3(c4ccccc4)CCCCC3)ccc2NCCc2ccccc2)n1. The monoisotopic (exact) mass is 461 g/mol. The van der Waals surface area contributed by atoms with E-state index >= 15 is 0 Å². The van der Waals surface area contributed by atoms with E-state index in [0.717, 1.165) is 36.3 Å². The zero-order valence-corrected chi connectivity index (χ0v) is 20.4. The Balaban J connectivity index is 1.45. The largest absolute Gasteiger partial charge is 0.384 e. The van der Waals surface area contributed by atoms with Crippen LogP contribution < -0.4 is 11.1 Å². The van der Waals surface area contributed by atoms with Crippen LogP contribution in [-0.4, -0.2) is 11.5 Å². The van der Waals surface area contributed by atoms with Crippen LogP contribution in [0.4, 0.5) is 11.5 Å². The van der Waals surface area contributed by atoms with Crippen molar-refractivity contribution in [2.45, 2.75) is 50.4 Å². The number of hydrogen-bond donors (Lipinski definition) is 2. The minimum atomic E-state index is 0.210. The third-order valence-electron chi connectivity index (χ3n) is 7.44. The molecule has 4 aromatic rings. The zero-order chi connectivity index (χ0) is 23.9. The molecule has 1 heterocycles. The molecule has 0 atom stereocenters. The number of anilines is 2. The van der Waals surface area contributed by atoms with Crippen LogP contribution in [0.3, 0.4) is 0 Å². The van der Waals surface area contributed by atoms with E-state index in [9.17, 15) is 0 Å². The lowest BCUT2D eigenvalue weighted by Crippen LogP contribution is -2.31. The summed E-state index contributed by atoms with van der Waals surface area (Å²) in [6.07, 6.45) is 8.48. The Morgan fingerprint density at radius 1 is 0.743 bits per heavy atom. The number of aromatic nitrogens is 1. The Hall–Kier alpha value is -3.59. The van der Waals surface area contributed by atoms with E-state index in [1.165, 1.54) is 48.8 Å². The Bertz CT molecular complexity index is 1230. The summed E-state index contributed by atoms with van der Waals surface area (Å²) < 4.78 is 0. The molecule has 3 aromatic carbocycles. The molecule has 0 amide bonds. The molecule has 0 aliphatic heterocycles. The van der Waals surface area contributed by atoms with Gasteiger partial charge in [-0.3, -0.25) is 0 Å². The van der Waals surface area contributed by atoms with Crippen molar-refractivity contribution < 1.29 is 0 Å². The van der Waals surface area contributed by atoms with E-state index in [2.05, 4.69) is 95.2 Å². The zero-order valence-electron chi connectivity index (χ0n) is 20.4. The van der Waals surface area contributed by atoms with Crippen LogP contribution in [0.2, 0.25) is 0 Å².